The van der Waals surface area contributed by atoms with E-state index in [1.54, 1.807) is 0 Å². The predicted octanol–water partition coefficient (Wildman–Crippen LogP) is 1.14. The van der Waals surface area contributed by atoms with Crippen molar-refractivity contribution in [2.45, 2.75) is 11.3 Å². The van der Waals surface area contributed by atoms with Crippen molar-refractivity contribution in [1.29, 1.82) is 0 Å². The summed E-state index contributed by atoms with van der Waals surface area (Å²) in [6, 6.07) is 10.5. The normalized spacial score (nSPS) is 22.2. The van der Waals surface area contributed by atoms with E-state index in [2.05, 4.69) is 45.7 Å². The number of hydrogen-bond donors (Lipinski definition) is 0. The minimum atomic E-state index is 0.515. The Kier molecular flexibility index (Phi) is 4.12. The molecule has 0 N–H and O–H groups in total. The van der Waals surface area contributed by atoms with Gasteiger partial charge in [0.25, 0.3) is 0 Å². The molecule has 112 valence electrons. The van der Waals surface area contributed by atoms with Crippen molar-refractivity contribution in [3.63, 3.8) is 0 Å². The molecule has 1 aromatic carbocycles. The average Bonchev–Trinajstić information content (AvgIpc) is 3.14. The Bertz CT molecular complexity index is 584. The SMILES string of the molecule is CSC1CN(c2nnnn2-c2ccccc2)CC1N(C)C. The summed E-state index contributed by atoms with van der Waals surface area (Å²) in [5.74, 6) is 0.824. The number of hydrogen-bond acceptors (Lipinski definition) is 6. The molecule has 1 aliphatic heterocycles. The maximum Gasteiger partial charge on any atom is 0.250 e. The molecular formula is C14H20N6S. The van der Waals surface area contributed by atoms with Crippen LogP contribution in [-0.4, -0.2) is 69.8 Å². The summed E-state index contributed by atoms with van der Waals surface area (Å²) in [7, 11) is 4.27. The van der Waals surface area contributed by atoms with Crippen LogP contribution in [0.25, 0.3) is 5.69 Å². The predicted molar refractivity (Wildman–Crippen MR) is 86.1 cm³/mol. The highest BCUT2D eigenvalue weighted by Gasteiger charge is 2.36. The van der Waals surface area contributed by atoms with Crippen molar-refractivity contribution < 1.29 is 0 Å². The molecule has 0 amide bonds. The first-order valence-corrected chi connectivity index (χ1v) is 8.27. The fraction of sp³-hybridized carbons (Fsp3) is 0.500. The van der Waals surface area contributed by atoms with Gasteiger partial charge in [-0.2, -0.15) is 16.4 Å². The molecule has 0 aliphatic carbocycles. The van der Waals surface area contributed by atoms with Crippen LogP contribution in [-0.2, 0) is 0 Å². The Hall–Kier alpha value is -1.60. The van der Waals surface area contributed by atoms with Gasteiger partial charge < -0.3 is 9.80 Å². The highest BCUT2D eigenvalue weighted by atomic mass is 32.2. The van der Waals surface area contributed by atoms with Crippen LogP contribution in [0.2, 0.25) is 0 Å². The van der Waals surface area contributed by atoms with E-state index in [4.69, 9.17) is 0 Å². The molecule has 0 bridgehead atoms. The number of anilines is 1. The third-order valence-corrected chi connectivity index (χ3v) is 5.01. The van der Waals surface area contributed by atoms with E-state index in [-0.39, 0.29) is 0 Å². The van der Waals surface area contributed by atoms with Crippen LogP contribution in [0.4, 0.5) is 5.95 Å². The van der Waals surface area contributed by atoms with Crippen molar-refractivity contribution in [2.75, 3.05) is 38.3 Å². The molecule has 1 aromatic heterocycles. The second-order valence-corrected chi connectivity index (χ2v) is 6.51. The third kappa shape index (κ3) is 2.75. The van der Waals surface area contributed by atoms with Crippen LogP contribution in [0.3, 0.4) is 0 Å². The number of likely N-dealkylation sites (N-methyl/N-ethyl adjacent to an activating group) is 1. The molecule has 1 saturated heterocycles. The fourth-order valence-corrected chi connectivity index (χ4v) is 3.74. The van der Waals surface area contributed by atoms with Crippen molar-refractivity contribution in [1.82, 2.24) is 25.1 Å². The Morgan fingerprint density at radius 2 is 1.95 bits per heavy atom. The Morgan fingerprint density at radius 1 is 1.19 bits per heavy atom. The Balaban J connectivity index is 1.88. The standard InChI is InChI=1S/C14H20N6S/c1-18(2)12-9-19(10-13(12)21-3)14-15-16-17-20(14)11-7-5-4-6-8-11/h4-8,12-13H,9-10H2,1-3H3. The number of aromatic nitrogens is 4. The summed E-state index contributed by atoms with van der Waals surface area (Å²) in [5.41, 5.74) is 0.992. The van der Waals surface area contributed by atoms with Gasteiger partial charge in [-0.15, -0.1) is 0 Å². The van der Waals surface area contributed by atoms with E-state index in [0.29, 0.717) is 11.3 Å². The van der Waals surface area contributed by atoms with Gasteiger partial charge in [0.05, 0.1) is 5.69 Å². The molecule has 2 unspecified atom stereocenters. The lowest BCUT2D eigenvalue weighted by molar-refractivity contribution is 0.320. The van der Waals surface area contributed by atoms with Crippen LogP contribution >= 0.6 is 11.8 Å². The number of thioether (sulfide) groups is 1. The van der Waals surface area contributed by atoms with Gasteiger partial charge in [-0.3, -0.25) is 0 Å². The first kappa shape index (κ1) is 14.3. The molecule has 1 fully saturated rings. The smallest absolute Gasteiger partial charge is 0.250 e. The van der Waals surface area contributed by atoms with E-state index in [0.717, 1.165) is 24.7 Å². The van der Waals surface area contributed by atoms with E-state index in [1.807, 2.05) is 46.8 Å². The van der Waals surface area contributed by atoms with Gasteiger partial charge in [-0.1, -0.05) is 23.3 Å². The number of nitrogens with zero attached hydrogens (tertiary/aromatic N) is 6. The quantitative estimate of drug-likeness (QED) is 0.844. The van der Waals surface area contributed by atoms with E-state index < -0.39 is 0 Å². The van der Waals surface area contributed by atoms with E-state index in [9.17, 15) is 0 Å². The first-order chi connectivity index (χ1) is 10.2. The molecule has 2 atom stereocenters. The molecule has 0 spiro atoms. The topological polar surface area (TPSA) is 50.1 Å². The summed E-state index contributed by atoms with van der Waals surface area (Å²) in [4.78, 5) is 4.57. The maximum atomic E-state index is 4.24. The lowest BCUT2D eigenvalue weighted by Crippen LogP contribution is -2.36. The summed E-state index contributed by atoms with van der Waals surface area (Å²) >= 11 is 1.91. The summed E-state index contributed by atoms with van der Waals surface area (Å²) in [5, 5.41) is 12.8. The van der Waals surface area contributed by atoms with Gasteiger partial charge in [0.2, 0.25) is 5.95 Å². The van der Waals surface area contributed by atoms with E-state index >= 15 is 0 Å². The Morgan fingerprint density at radius 3 is 2.57 bits per heavy atom. The molecule has 7 heteroatoms. The summed E-state index contributed by atoms with van der Waals surface area (Å²) in [6.07, 6.45) is 2.17. The second-order valence-electron chi connectivity index (χ2n) is 5.44. The number of para-hydroxylation sites is 1. The van der Waals surface area contributed by atoms with Gasteiger partial charge in [-0.25, -0.2) is 0 Å². The van der Waals surface area contributed by atoms with Crippen LogP contribution in [0.5, 0.6) is 0 Å². The third-order valence-electron chi connectivity index (χ3n) is 3.94. The van der Waals surface area contributed by atoms with Gasteiger partial charge in [-0.05, 0) is 42.9 Å². The monoisotopic (exact) mass is 304 g/mol. The summed E-state index contributed by atoms with van der Waals surface area (Å²) < 4.78 is 1.81. The average molecular weight is 304 g/mol. The molecule has 0 saturated carbocycles. The van der Waals surface area contributed by atoms with Crippen molar-refractivity contribution in [2.24, 2.45) is 0 Å². The van der Waals surface area contributed by atoms with Crippen molar-refractivity contribution in [3.05, 3.63) is 30.3 Å². The number of tetrazole rings is 1. The number of rotatable bonds is 4. The molecule has 2 heterocycles. The summed E-state index contributed by atoms with van der Waals surface area (Å²) in [6.45, 7) is 1.92. The zero-order chi connectivity index (χ0) is 14.8. The second kappa shape index (κ2) is 6.03. The van der Waals surface area contributed by atoms with Gasteiger partial charge in [0.1, 0.15) is 0 Å². The zero-order valence-corrected chi connectivity index (χ0v) is 13.4. The first-order valence-electron chi connectivity index (χ1n) is 6.98. The van der Waals surface area contributed by atoms with Crippen LogP contribution in [0.15, 0.2) is 30.3 Å². The lowest BCUT2D eigenvalue weighted by Gasteiger charge is -2.23. The maximum absolute atomic E-state index is 4.24. The minimum Gasteiger partial charge on any atom is -0.337 e. The Labute approximate surface area is 129 Å². The molecule has 2 aromatic rings. The van der Waals surface area contributed by atoms with Crippen molar-refractivity contribution in [3.8, 4) is 5.69 Å². The van der Waals surface area contributed by atoms with Gasteiger partial charge in [0, 0.05) is 24.4 Å². The van der Waals surface area contributed by atoms with Gasteiger partial charge >= 0.3 is 0 Å². The highest BCUT2D eigenvalue weighted by molar-refractivity contribution is 7.99. The molecule has 0 radical (unpaired) electrons. The number of benzene rings is 1. The molecular weight excluding hydrogens is 284 g/mol. The molecule has 1 aliphatic rings. The van der Waals surface area contributed by atoms with Crippen LogP contribution < -0.4 is 4.90 Å². The van der Waals surface area contributed by atoms with Gasteiger partial charge in [0.15, 0.2) is 0 Å². The molecule has 6 nitrogen and oxygen atoms in total. The highest BCUT2D eigenvalue weighted by Crippen LogP contribution is 2.27. The minimum absolute atomic E-state index is 0.515. The molecule has 21 heavy (non-hydrogen) atoms. The van der Waals surface area contributed by atoms with Crippen molar-refractivity contribution >= 4 is 17.7 Å². The fourth-order valence-electron chi connectivity index (χ4n) is 2.76. The van der Waals surface area contributed by atoms with Crippen LogP contribution in [0.1, 0.15) is 0 Å². The molecule has 3 rings (SSSR count). The van der Waals surface area contributed by atoms with E-state index in [1.165, 1.54) is 0 Å². The largest absolute Gasteiger partial charge is 0.337 e. The van der Waals surface area contributed by atoms with Crippen LogP contribution in [0, 0.1) is 0 Å². The lowest BCUT2D eigenvalue weighted by atomic mass is 10.2. The zero-order valence-electron chi connectivity index (χ0n) is 12.5.